The molecule has 0 aliphatic carbocycles. The van der Waals surface area contributed by atoms with Crippen LogP contribution in [0.4, 0.5) is 11.4 Å². The fraction of sp³-hybridized carbons (Fsp3) is 0.273. The molecule has 2 aromatic rings. The maximum absolute atomic E-state index is 5.73. The Bertz CT molecular complexity index is 469. The number of aromatic nitrogens is 3. The molecule has 1 heterocycles. The predicted octanol–water partition coefficient (Wildman–Crippen LogP) is 1.05. The summed E-state index contributed by atoms with van der Waals surface area (Å²) >= 11 is 0. The number of nitrogens with two attached hydrogens (primary N) is 1. The molecule has 0 radical (unpaired) electrons. The van der Waals surface area contributed by atoms with Crippen LogP contribution in [0.2, 0.25) is 0 Å². The van der Waals surface area contributed by atoms with Crippen molar-refractivity contribution in [2.24, 2.45) is 0 Å². The van der Waals surface area contributed by atoms with Crippen molar-refractivity contribution in [2.45, 2.75) is 6.42 Å². The van der Waals surface area contributed by atoms with Gasteiger partial charge in [-0.3, -0.25) is 5.10 Å². The number of methoxy groups -OCH3 is 1. The second-order valence-corrected chi connectivity index (χ2v) is 3.57. The highest BCUT2D eigenvalue weighted by atomic mass is 16.5. The molecule has 0 saturated carbocycles. The summed E-state index contributed by atoms with van der Waals surface area (Å²) in [5.41, 5.74) is 7.33. The molecular weight excluding hydrogens is 218 g/mol. The fourth-order valence-electron chi connectivity index (χ4n) is 1.50. The second kappa shape index (κ2) is 5.20. The Morgan fingerprint density at radius 3 is 3.06 bits per heavy atom. The van der Waals surface area contributed by atoms with Crippen LogP contribution in [0.1, 0.15) is 5.82 Å². The molecule has 0 saturated heterocycles. The summed E-state index contributed by atoms with van der Waals surface area (Å²) in [5.74, 6) is 1.54. The zero-order valence-corrected chi connectivity index (χ0v) is 9.60. The Morgan fingerprint density at radius 2 is 2.35 bits per heavy atom. The lowest BCUT2D eigenvalue weighted by atomic mass is 10.2. The topological polar surface area (TPSA) is 88.8 Å². The predicted molar refractivity (Wildman–Crippen MR) is 66.0 cm³/mol. The summed E-state index contributed by atoms with van der Waals surface area (Å²) in [7, 11) is 1.60. The summed E-state index contributed by atoms with van der Waals surface area (Å²) in [6.07, 6.45) is 2.29. The molecule has 17 heavy (non-hydrogen) atoms. The molecule has 0 fully saturated rings. The number of hydrogen-bond donors (Lipinski definition) is 3. The lowest BCUT2D eigenvalue weighted by Crippen LogP contribution is -2.06. The van der Waals surface area contributed by atoms with Gasteiger partial charge in [-0.2, -0.15) is 5.10 Å². The fourth-order valence-corrected chi connectivity index (χ4v) is 1.50. The molecule has 0 atom stereocenters. The van der Waals surface area contributed by atoms with Crippen molar-refractivity contribution in [3.8, 4) is 5.75 Å². The lowest BCUT2D eigenvalue weighted by molar-refractivity contribution is 0.417. The van der Waals surface area contributed by atoms with Crippen LogP contribution in [0, 0.1) is 0 Å². The van der Waals surface area contributed by atoms with Crippen molar-refractivity contribution in [2.75, 3.05) is 24.7 Å². The second-order valence-electron chi connectivity index (χ2n) is 3.57. The number of ether oxygens (including phenoxy) is 1. The van der Waals surface area contributed by atoms with Crippen molar-refractivity contribution in [1.29, 1.82) is 0 Å². The molecule has 0 bridgehead atoms. The van der Waals surface area contributed by atoms with Crippen molar-refractivity contribution in [3.05, 3.63) is 30.4 Å². The minimum atomic E-state index is 0.633. The molecule has 0 aliphatic heterocycles. The van der Waals surface area contributed by atoms with E-state index in [2.05, 4.69) is 20.5 Å². The van der Waals surface area contributed by atoms with Gasteiger partial charge in [0.1, 0.15) is 17.9 Å². The Balaban J connectivity index is 1.90. The minimum Gasteiger partial charge on any atom is -0.495 e. The van der Waals surface area contributed by atoms with Crippen LogP contribution in [0.15, 0.2) is 24.5 Å². The molecule has 1 aromatic heterocycles. The molecule has 6 nitrogen and oxygen atoms in total. The van der Waals surface area contributed by atoms with E-state index in [1.807, 2.05) is 18.2 Å². The number of nitrogens with zero attached hydrogens (tertiary/aromatic N) is 2. The molecule has 6 heteroatoms. The number of H-pyrrole nitrogens is 1. The van der Waals surface area contributed by atoms with Gasteiger partial charge in [-0.25, -0.2) is 4.98 Å². The van der Waals surface area contributed by atoms with E-state index in [0.29, 0.717) is 11.4 Å². The summed E-state index contributed by atoms with van der Waals surface area (Å²) < 4.78 is 5.14. The van der Waals surface area contributed by atoms with Crippen LogP contribution in [-0.2, 0) is 6.42 Å². The van der Waals surface area contributed by atoms with Gasteiger partial charge in [0.15, 0.2) is 0 Å². The van der Waals surface area contributed by atoms with E-state index in [1.54, 1.807) is 7.11 Å². The summed E-state index contributed by atoms with van der Waals surface area (Å²) in [5, 5.41) is 9.86. The summed E-state index contributed by atoms with van der Waals surface area (Å²) in [4.78, 5) is 4.04. The smallest absolute Gasteiger partial charge is 0.143 e. The SMILES string of the molecule is COc1cc(NCCc2ncn[nH]2)ccc1N. The largest absolute Gasteiger partial charge is 0.495 e. The lowest BCUT2D eigenvalue weighted by Gasteiger charge is -2.09. The third kappa shape index (κ3) is 2.87. The number of rotatable bonds is 5. The zero-order chi connectivity index (χ0) is 12.1. The Kier molecular flexibility index (Phi) is 3.44. The zero-order valence-electron chi connectivity index (χ0n) is 9.60. The van der Waals surface area contributed by atoms with Gasteiger partial charge in [0.05, 0.1) is 12.8 Å². The molecule has 2 rings (SSSR count). The molecule has 0 aliphatic rings. The van der Waals surface area contributed by atoms with Crippen molar-refractivity contribution in [3.63, 3.8) is 0 Å². The van der Waals surface area contributed by atoms with Gasteiger partial charge < -0.3 is 15.8 Å². The van der Waals surface area contributed by atoms with Crippen molar-refractivity contribution >= 4 is 11.4 Å². The normalized spacial score (nSPS) is 10.2. The monoisotopic (exact) mass is 233 g/mol. The van der Waals surface area contributed by atoms with E-state index in [4.69, 9.17) is 10.5 Å². The van der Waals surface area contributed by atoms with Gasteiger partial charge in [-0.05, 0) is 12.1 Å². The van der Waals surface area contributed by atoms with E-state index >= 15 is 0 Å². The number of anilines is 2. The Labute approximate surface area is 99.2 Å². The van der Waals surface area contributed by atoms with Crippen LogP contribution in [-0.4, -0.2) is 28.8 Å². The van der Waals surface area contributed by atoms with Gasteiger partial charge in [-0.15, -0.1) is 0 Å². The van der Waals surface area contributed by atoms with Gasteiger partial charge in [0.25, 0.3) is 0 Å². The van der Waals surface area contributed by atoms with Gasteiger partial charge >= 0.3 is 0 Å². The Morgan fingerprint density at radius 1 is 1.47 bits per heavy atom. The van der Waals surface area contributed by atoms with Gasteiger partial charge in [0.2, 0.25) is 0 Å². The van der Waals surface area contributed by atoms with Crippen LogP contribution in [0.25, 0.3) is 0 Å². The van der Waals surface area contributed by atoms with Gasteiger partial charge in [0, 0.05) is 24.7 Å². The van der Waals surface area contributed by atoms with E-state index < -0.39 is 0 Å². The first-order chi connectivity index (χ1) is 8.29. The van der Waals surface area contributed by atoms with E-state index in [9.17, 15) is 0 Å². The average Bonchev–Trinajstić information content (AvgIpc) is 2.84. The van der Waals surface area contributed by atoms with Crippen molar-refractivity contribution < 1.29 is 4.74 Å². The molecule has 0 unspecified atom stereocenters. The van der Waals surface area contributed by atoms with Crippen molar-refractivity contribution in [1.82, 2.24) is 15.2 Å². The average molecular weight is 233 g/mol. The third-order valence-electron chi connectivity index (χ3n) is 2.39. The molecule has 90 valence electrons. The first kappa shape index (κ1) is 11.3. The summed E-state index contributed by atoms with van der Waals surface area (Å²) in [6.45, 7) is 0.766. The van der Waals surface area contributed by atoms with Crippen LogP contribution < -0.4 is 15.8 Å². The van der Waals surface area contributed by atoms with Crippen LogP contribution >= 0.6 is 0 Å². The summed E-state index contributed by atoms with van der Waals surface area (Å²) in [6, 6.07) is 5.60. The van der Waals surface area contributed by atoms with E-state index in [-0.39, 0.29) is 0 Å². The molecule has 0 spiro atoms. The Hall–Kier alpha value is -2.24. The van der Waals surface area contributed by atoms with Crippen LogP contribution in [0.5, 0.6) is 5.75 Å². The van der Waals surface area contributed by atoms with E-state index in [0.717, 1.165) is 24.5 Å². The number of hydrogen-bond acceptors (Lipinski definition) is 5. The number of nitrogen functional groups attached to an aromatic ring is 1. The van der Waals surface area contributed by atoms with Gasteiger partial charge in [-0.1, -0.05) is 0 Å². The molecule has 1 aromatic carbocycles. The number of aromatic amines is 1. The highest BCUT2D eigenvalue weighted by Gasteiger charge is 2.01. The van der Waals surface area contributed by atoms with E-state index in [1.165, 1.54) is 6.33 Å². The first-order valence-electron chi connectivity index (χ1n) is 5.31. The highest BCUT2D eigenvalue weighted by Crippen LogP contribution is 2.24. The maximum Gasteiger partial charge on any atom is 0.143 e. The maximum atomic E-state index is 5.73. The number of nitrogens with one attached hydrogen (secondary N) is 2. The minimum absolute atomic E-state index is 0.633. The van der Waals surface area contributed by atoms with Crippen LogP contribution in [0.3, 0.4) is 0 Å². The molecule has 4 N–H and O–H groups in total. The quantitative estimate of drug-likeness (QED) is 0.672. The molecule has 0 amide bonds. The first-order valence-corrected chi connectivity index (χ1v) is 5.31. The number of benzene rings is 1. The third-order valence-corrected chi connectivity index (χ3v) is 2.39. The highest BCUT2D eigenvalue weighted by molar-refractivity contribution is 5.61. The molecular formula is C11H15N5O. The standard InChI is InChI=1S/C11H15N5O/c1-17-10-6-8(2-3-9(10)12)13-5-4-11-14-7-15-16-11/h2-3,6-7,13H,4-5,12H2,1H3,(H,14,15,16).